The van der Waals surface area contributed by atoms with Crippen LogP contribution in [0.5, 0.6) is 0 Å². The molecule has 84 valence electrons. The molecule has 2 nitrogen and oxygen atoms in total. The second-order valence-corrected chi connectivity index (χ2v) is 3.96. The summed E-state index contributed by atoms with van der Waals surface area (Å²) < 4.78 is 5.05. The maximum atomic E-state index is 5.55. The average Bonchev–Trinajstić information content (AvgIpc) is 2.27. The van der Waals surface area contributed by atoms with Crippen molar-refractivity contribution in [1.82, 2.24) is 0 Å². The number of nitrogens with two attached hydrogens (primary N) is 1. The zero-order valence-corrected chi connectivity index (χ0v) is 9.70. The number of methoxy groups -OCH3 is 1. The lowest BCUT2D eigenvalue weighted by atomic mass is 9.96. The minimum Gasteiger partial charge on any atom is -0.384 e. The molecular weight excluding hydrogens is 186 g/mol. The normalized spacial score (nSPS) is 12.7. The molecule has 0 saturated carbocycles. The summed E-state index contributed by atoms with van der Waals surface area (Å²) in [6, 6.07) is 8.76. The molecule has 1 unspecified atom stereocenters. The van der Waals surface area contributed by atoms with Crippen molar-refractivity contribution < 1.29 is 4.74 Å². The van der Waals surface area contributed by atoms with E-state index in [1.54, 1.807) is 7.11 Å². The summed E-state index contributed by atoms with van der Waals surface area (Å²) in [5, 5.41) is 0. The number of rotatable bonds is 6. The van der Waals surface area contributed by atoms with Gasteiger partial charge in [0.25, 0.3) is 0 Å². The van der Waals surface area contributed by atoms with Crippen LogP contribution < -0.4 is 5.73 Å². The van der Waals surface area contributed by atoms with Crippen LogP contribution in [-0.4, -0.2) is 20.3 Å². The van der Waals surface area contributed by atoms with Crippen LogP contribution in [0.3, 0.4) is 0 Å². The van der Waals surface area contributed by atoms with Crippen molar-refractivity contribution in [2.45, 2.75) is 25.7 Å². The molecule has 1 rings (SSSR count). The van der Waals surface area contributed by atoms with Gasteiger partial charge in [0.2, 0.25) is 0 Å². The highest BCUT2D eigenvalue weighted by Gasteiger charge is 2.03. The molecular formula is C13H21NO. The summed E-state index contributed by atoms with van der Waals surface area (Å²) in [4.78, 5) is 0. The minimum absolute atomic E-state index is 0.562. The SMILES string of the molecule is COCCc1ccc(C(C)CCN)cc1. The van der Waals surface area contributed by atoms with Gasteiger partial charge in [0, 0.05) is 7.11 Å². The maximum absolute atomic E-state index is 5.55. The highest BCUT2D eigenvalue weighted by atomic mass is 16.5. The van der Waals surface area contributed by atoms with E-state index in [4.69, 9.17) is 10.5 Å². The van der Waals surface area contributed by atoms with Gasteiger partial charge in [0.1, 0.15) is 0 Å². The molecule has 1 aromatic rings. The van der Waals surface area contributed by atoms with Crippen LogP contribution >= 0.6 is 0 Å². The number of ether oxygens (including phenoxy) is 1. The molecule has 0 aliphatic heterocycles. The molecule has 0 saturated heterocycles. The van der Waals surface area contributed by atoms with Crippen LogP contribution in [0, 0.1) is 0 Å². The Morgan fingerprint density at radius 1 is 1.27 bits per heavy atom. The Morgan fingerprint density at radius 3 is 2.47 bits per heavy atom. The lowest BCUT2D eigenvalue weighted by Gasteiger charge is -2.11. The quantitative estimate of drug-likeness (QED) is 0.777. The Morgan fingerprint density at radius 2 is 1.93 bits per heavy atom. The van der Waals surface area contributed by atoms with Crippen LogP contribution in [0.25, 0.3) is 0 Å². The zero-order valence-electron chi connectivity index (χ0n) is 9.70. The third-order valence-electron chi connectivity index (χ3n) is 2.74. The first-order valence-corrected chi connectivity index (χ1v) is 5.55. The molecule has 15 heavy (non-hydrogen) atoms. The number of hydrogen-bond acceptors (Lipinski definition) is 2. The van der Waals surface area contributed by atoms with Crippen LogP contribution in [0.4, 0.5) is 0 Å². The molecule has 0 fully saturated rings. The molecule has 0 aromatic heterocycles. The first kappa shape index (κ1) is 12.2. The van der Waals surface area contributed by atoms with Gasteiger partial charge in [-0.15, -0.1) is 0 Å². The van der Waals surface area contributed by atoms with E-state index in [0.717, 1.165) is 26.0 Å². The van der Waals surface area contributed by atoms with Crippen molar-refractivity contribution in [2.75, 3.05) is 20.3 Å². The van der Waals surface area contributed by atoms with Crippen LogP contribution in [0.2, 0.25) is 0 Å². The molecule has 0 aliphatic rings. The molecule has 2 N–H and O–H groups in total. The largest absolute Gasteiger partial charge is 0.384 e. The molecule has 0 radical (unpaired) electrons. The fourth-order valence-corrected chi connectivity index (χ4v) is 1.65. The second-order valence-electron chi connectivity index (χ2n) is 3.96. The summed E-state index contributed by atoms with van der Waals surface area (Å²) in [7, 11) is 1.73. The van der Waals surface area contributed by atoms with Gasteiger partial charge >= 0.3 is 0 Å². The number of hydrogen-bond donors (Lipinski definition) is 1. The standard InChI is InChI=1S/C13H21NO/c1-11(7-9-14)13-5-3-12(4-6-13)8-10-15-2/h3-6,11H,7-10,14H2,1-2H3. The molecule has 0 amide bonds. The van der Waals surface area contributed by atoms with Crippen molar-refractivity contribution in [3.63, 3.8) is 0 Å². The van der Waals surface area contributed by atoms with Gasteiger partial charge in [-0.3, -0.25) is 0 Å². The van der Waals surface area contributed by atoms with E-state index in [1.807, 2.05) is 0 Å². The molecule has 2 heteroatoms. The first-order chi connectivity index (χ1) is 7.27. The topological polar surface area (TPSA) is 35.2 Å². The second kappa shape index (κ2) is 6.59. The molecule has 0 heterocycles. The van der Waals surface area contributed by atoms with Gasteiger partial charge in [-0.25, -0.2) is 0 Å². The lowest BCUT2D eigenvalue weighted by Crippen LogP contribution is -2.04. The van der Waals surface area contributed by atoms with Crippen molar-refractivity contribution in [3.05, 3.63) is 35.4 Å². The average molecular weight is 207 g/mol. The Kier molecular flexibility index (Phi) is 5.37. The summed E-state index contributed by atoms with van der Waals surface area (Å²) in [6.07, 6.45) is 2.04. The van der Waals surface area contributed by atoms with Crippen molar-refractivity contribution in [1.29, 1.82) is 0 Å². The summed E-state index contributed by atoms with van der Waals surface area (Å²) in [5.41, 5.74) is 8.26. The Hall–Kier alpha value is -0.860. The van der Waals surface area contributed by atoms with Gasteiger partial charge in [0.05, 0.1) is 6.61 Å². The third-order valence-corrected chi connectivity index (χ3v) is 2.74. The smallest absolute Gasteiger partial charge is 0.0502 e. The molecule has 0 bridgehead atoms. The Balaban J connectivity index is 2.55. The van der Waals surface area contributed by atoms with E-state index in [1.165, 1.54) is 11.1 Å². The van der Waals surface area contributed by atoms with Crippen LogP contribution in [-0.2, 0) is 11.2 Å². The monoisotopic (exact) mass is 207 g/mol. The Labute approximate surface area is 92.4 Å². The molecule has 1 atom stereocenters. The lowest BCUT2D eigenvalue weighted by molar-refractivity contribution is 0.202. The summed E-state index contributed by atoms with van der Waals surface area (Å²) >= 11 is 0. The highest BCUT2D eigenvalue weighted by molar-refractivity contribution is 5.25. The van der Waals surface area contributed by atoms with Crippen LogP contribution in [0.1, 0.15) is 30.4 Å². The fourth-order valence-electron chi connectivity index (χ4n) is 1.65. The molecule has 0 aliphatic carbocycles. The zero-order chi connectivity index (χ0) is 11.1. The molecule has 0 spiro atoms. The van der Waals surface area contributed by atoms with E-state index in [0.29, 0.717) is 5.92 Å². The van der Waals surface area contributed by atoms with E-state index in [-0.39, 0.29) is 0 Å². The van der Waals surface area contributed by atoms with Crippen molar-refractivity contribution in [2.24, 2.45) is 5.73 Å². The fraction of sp³-hybridized carbons (Fsp3) is 0.538. The summed E-state index contributed by atoms with van der Waals surface area (Å²) in [5.74, 6) is 0.562. The van der Waals surface area contributed by atoms with E-state index in [9.17, 15) is 0 Å². The molecule has 1 aromatic carbocycles. The first-order valence-electron chi connectivity index (χ1n) is 5.55. The Bertz CT molecular complexity index is 268. The van der Waals surface area contributed by atoms with Gasteiger partial charge in [-0.05, 0) is 36.4 Å². The highest BCUT2D eigenvalue weighted by Crippen LogP contribution is 2.18. The van der Waals surface area contributed by atoms with Gasteiger partial charge in [-0.1, -0.05) is 31.2 Å². The van der Waals surface area contributed by atoms with Crippen molar-refractivity contribution >= 4 is 0 Å². The predicted molar refractivity (Wildman–Crippen MR) is 64.1 cm³/mol. The van der Waals surface area contributed by atoms with E-state index in [2.05, 4.69) is 31.2 Å². The number of benzene rings is 1. The van der Waals surface area contributed by atoms with Gasteiger partial charge < -0.3 is 10.5 Å². The van der Waals surface area contributed by atoms with Gasteiger partial charge in [0.15, 0.2) is 0 Å². The van der Waals surface area contributed by atoms with Crippen LogP contribution in [0.15, 0.2) is 24.3 Å². The van der Waals surface area contributed by atoms with Crippen molar-refractivity contribution in [3.8, 4) is 0 Å². The van der Waals surface area contributed by atoms with E-state index >= 15 is 0 Å². The summed E-state index contributed by atoms with van der Waals surface area (Å²) in [6.45, 7) is 3.77. The third kappa shape index (κ3) is 4.02. The minimum atomic E-state index is 0.562. The maximum Gasteiger partial charge on any atom is 0.0502 e. The van der Waals surface area contributed by atoms with Gasteiger partial charge in [-0.2, -0.15) is 0 Å². The predicted octanol–water partition coefficient (Wildman–Crippen LogP) is 2.33. The van der Waals surface area contributed by atoms with E-state index < -0.39 is 0 Å².